The third-order valence-corrected chi connectivity index (χ3v) is 6.45. The van der Waals surface area contributed by atoms with Crippen molar-refractivity contribution in [1.82, 2.24) is 9.97 Å². The zero-order valence-corrected chi connectivity index (χ0v) is 21.2. The molecule has 0 aliphatic heterocycles. The topological polar surface area (TPSA) is 120 Å². The smallest absolute Gasteiger partial charge is 0.264 e. The minimum Gasteiger partial charge on any atom is -0.490 e. The first-order chi connectivity index (χ1) is 17.8. The number of nitrogens with zero attached hydrogens (tertiary/aromatic N) is 2. The van der Waals surface area contributed by atoms with Crippen molar-refractivity contribution in [3.8, 4) is 11.5 Å². The Morgan fingerprint density at radius 3 is 1.95 bits per heavy atom. The van der Waals surface area contributed by atoms with E-state index in [1.54, 1.807) is 44.2 Å². The number of benzene rings is 3. The van der Waals surface area contributed by atoms with Crippen molar-refractivity contribution in [2.45, 2.75) is 18.7 Å². The highest BCUT2D eigenvalue weighted by Gasteiger charge is 2.16. The summed E-state index contributed by atoms with van der Waals surface area (Å²) in [6.45, 7) is 4.27. The molecule has 0 atom stereocenters. The van der Waals surface area contributed by atoms with E-state index in [2.05, 4.69) is 20.0 Å². The van der Waals surface area contributed by atoms with Crippen LogP contribution < -0.4 is 19.5 Å². The molecule has 4 rings (SSSR count). The number of ether oxygens (including phenoxy) is 2. The molecule has 2 N–H and O–H groups in total. The molecule has 0 saturated carbocycles. The van der Waals surface area contributed by atoms with Gasteiger partial charge in [0.15, 0.2) is 0 Å². The fraction of sp³-hybridized carbons (Fsp3) is 0.148. The number of para-hydroxylation sites is 1. The summed E-state index contributed by atoms with van der Waals surface area (Å²) < 4.78 is 39.0. The second-order valence-electron chi connectivity index (χ2n) is 8.09. The SMILES string of the molecule is Cc1cc(C)nc(NS(=O)(=O)c2ccc(NC(=O)c3ccc(OCCOc4ccccc4)cc3)cc2)n1. The monoisotopic (exact) mass is 518 g/mol. The Hall–Kier alpha value is -4.44. The van der Waals surface area contributed by atoms with Gasteiger partial charge < -0.3 is 14.8 Å². The second-order valence-corrected chi connectivity index (χ2v) is 9.78. The van der Waals surface area contributed by atoms with Crippen molar-refractivity contribution in [3.63, 3.8) is 0 Å². The Labute approximate surface area is 215 Å². The Bertz CT molecular complexity index is 1440. The highest BCUT2D eigenvalue weighted by atomic mass is 32.2. The summed E-state index contributed by atoms with van der Waals surface area (Å²) in [5, 5.41) is 2.75. The summed E-state index contributed by atoms with van der Waals surface area (Å²) in [7, 11) is -3.89. The first kappa shape index (κ1) is 25.6. The van der Waals surface area contributed by atoms with Crippen molar-refractivity contribution in [3.05, 3.63) is 102 Å². The lowest BCUT2D eigenvalue weighted by Gasteiger charge is -2.10. The zero-order chi connectivity index (χ0) is 26.3. The lowest BCUT2D eigenvalue weighted by Crippen LogP contribution is -2.16. The maximum atomic E-state index is 12.7. The van der Waals surface area contributed by atoms with Gasteiger partial charge in [0.25, 0.3) is 15.9 Å². The van der Waals surface area contributed by atoms with Gasteiger partial charge in [-0.3, -0.25) is 4.79 Å². The van der Waals surface area contributed by atoms with Gasteiger partial charge in [0.05, 0.1) is 4.90 Å². The molecule has 1 heterocycles. The molecule has 9 nitrogen and oxygen atoms in total. The number of amides is 1. The van der Waals surface area contributed by atoms with Crippen LogP contribution >= 0.6 is 0 Å². The summed E-state index contributed by atoms with van der Waals surface area (Å²) in [6.07, 6.45) is 0. The quantitative estimate of drug-likeness (QED) is 0.294. The van der Waals surface area contributed by atoms with Gasteiger partial charge in [-0.1, -0.05) is 18.2 Å². The molecular weight excluding hydrogens is 492 g/mol. The van der Waals surface area contributed by atoms with Crippen molar-refractivity contribution >= 4 is 27.6 Å². The summed E-state index contributed by atoms with van der Waals surface area (Å²) in [6, 6.07) is 23.7. The van der Waals surface area contributed by atoms with Gasteiger partial charge in [-0.15, -0.1) is 0 Å². The minimum atomic E-state index is -3.89. The van der Waals surface area contributed by atoms with Crippen LogP contribution in [0.1, 0.15) is 21.7 Å². The third-order valence-electron chi connectivity index (χ3n) is 5.11. The maximum absolute atomic E-state index is 12.7. The van der Waals surface area contributed by atoms with Crippen LogP contribution in [0.3, 0.4) is 0 Å². The standard InChI is InChI=1S/C27H26N4O5S/c1-19-18-20(2)29-27(28-19)31-37(33,34)25-14-10-22(11-15-25)30-26(32)21-8-12-24(13-9-21)36-17-16-35-23-6-4-3-5-7-23/h3-15,18H,16-17H2,1-2H3,(H,30,32)(H,28,29,31). The molecule has 4 aromatic rings. The van der Waals surface area contributed by atoms with Crippen LogP contribution in [-0.2, 0) is 10.0 Å². The molecule has 0 bridgehead atoms. The number of anilines is 2. The number of hydrogen-bond acceptors (Lipinski definition) is 7. The number of nitrogens with one attached hydrogen (secondary N) is 2. The van der Waals surface area contributed by atoms with Crippen LogP contribution in [0.2, 0.25) is 0 Å². The first-order valence-electron chi connectivity index (χ1n) is 11.5. The van der Waals surface area contributed by atoms with Gasteiger partial charge >= 0.3 is 0 Å². The molecule has 0 saturated heterocycles. The summed E-state index contributed by atoms with van der Waals surface area (Å²) >= 11 is 0. The van der Waals surface area contributed by atoms with E-state index in [-0.39, 0.29) is 16.8 Å². The van der Waals surface area contributed by atoms with Gasteiger partial charge in [0, 0.05) is 22.6 Å². The number of rotatable bonds is 10. The number of hydrogen-bond donors (Lipinski definition) is 2. The van der Waals surface area contributed by atoms with Crippen LogP contribution in [0.15, 0.2) is 89.8 Å². The summed E-state index contributed by atoms with van der Waals surface area (Å²) in [5.74, 6) is 1.06. The van der Waals surface area contributed by atoms with E-state index >= 15 is 0 Å². The molecule has 190 valence electrons. The fourth-order valence-electron chi connectivity index (χ4n) is 3.41. The lowest BCUT2D eigenvalue weighted by atomic mass is 10.2. The Kier molecular flexibility index (Phi) is 7.99. The van der Waals surface area contributed by atoms with Gasteiger partial charge in [-0.2, -0.15) is 0 Å². The highest BCUT2D eigenvalue weighted by molar-refractivity contribution is 7.92. The Morgan fingerprint density at radius 2 is 1.35 bits per heavy atom. The molecule has 0 aliphatic rings. The molecule has 0 aliphatic carbocycles. The van der Waals surface area contributed by atoms with Crippen molar-refractivity contribution in [2.24, 2.45) is 0 Å². The van der Waals surface area contributed by atoms with E-state index in [1.165, 1.54) is 24.3 Å². The maximum Gasteiger partial charge on any atom is 0.264 e. The van der Waals surface area contributed by atoms with Crippen LogP contribution in [0.5, 0.6) is 11.5 Å². The number of carbonyl (C=O) groups is 1. The molecule has 0 spiro atoms. The van der Waals surface area contributed by atoms with Gasteiger partial charge in [-0.05, 0) is 80.6 Å². The van der Waals surface area contributed by atoms with E-state index in [0.29, 0.717) is 41.6 Å². The van der Waals surface area contributed by atoms with Gasteiger partial charge in [-0.25, -0.2) is 23.1 Å². The normalized spacial score (nSPS) is 11.0. The Balaban J connectivity index is 1.29. The number of sulfonamides is 1. The molecule has 1 aromatic heterocycles. The molecule has 3 aromatic carbocycles. The molecule has 0 radical (unpaired) electrons. The van der Waals surface area contributed by atoms with Crippen molar-refractivity contribution < 1.29 is 22.7 Å². The van der Waals surface area contributed by atoms with Gasteiger partial charge in [0.1, 0.15) is 24.7 Å². The lowest BCUT2D eigenvalue weighted by molar-refractivity contribution is 0.102. The zero-order valence-electron chi connectivity index (χ0n) is 20.3. The summed E-state index contributed by atoms with van der Waals surface area (Å²) in [5.41, 5.74) is 2.18. The molecule has 0 fully saturated rings. The van der Waals surface area contributed by atoms with E-state index in [0.717, 1.165) is 5.75 Å². The minimum absolute atomic E-state index is 0.00558. The van der Waals surface area contributed by atoms with E-state index in [9.17, 15) is 13.2 Å². The van der Waals surface area contributed by atoms with Crippen molar-refractivity contribution in [2.75, 3.05) is 23.3 Å². The molecule has 1 amide bonds. The molecule has 37 heavy (non-hydrogen) atoms. The number of aromatic nitrogens is 2. The van der Waals surface area contributed by atoms with E-state index in [1.807, 2.05) is 30.3 Å². The largest absolute Gasteiger partial charge is 0.490 e. The van der Waals surface area contributed by atoms with Crippen LogP contribution in [0.25, 0.3) is 0 Å². The predicted molar refractivity (Wildman–Crippen MR) is 141 cm³/mol. The van der Waals surface area contributed by atoms with Crippen molar-refractivity contribution in [1.29, 1.82) is 0 Å². The summed E-state index contributed by atoms with van der Waals surface area (Å²) in [4.78, 5) is 20.8. The molecule has 0 unspecified atom stereocenters. The van der Waals surface area contributed by atoms with Crippen LogP contribution in [0, 0.1) is 13.8 Å². The molecular formula is C27H26N4O5S. The highest BCUT2D eigenvalue weighted by Crippen LogP contribution is 2.19. The second kappa shape index (κ2) is 11.5. The fourth-order valence-corrected chi connectivity index (χ4v) is 4.35. The average Bonchev–Trinajstić information content (AvgIpc) is 2.87. The number of aryl methyl sites for hydroxylation is 2. The molecule has 10 heteroatoms. The Morgan fingerprint density at radius 1 is 0.784 bits per heavy atom. The van der Waals surface area contributed by atoms with Gasteiger partial charge in [0.2, 0.25) is 5.95 Å². The van der Waals surface area contributed by atoms with E-state index in [4.69, 9.17) is 9.47 Å². The first-order valence-corrected chi connectivity index (χ1v) is 12.9. The van der Waals surface area contributed by atoms with E-state index < -0.39 is 10.0 Å². The number of carbonyl (C=O) groups excluding carboxylic acids is 1. The predicted octanol–water partition coefficient (Wildman–Crippen LogP) is 4.60. The van der Waals surface area contributed by atoms with Crippen LogP contribution in [-0.4, -0.2) is 37.5 Å². The average molecular weight is 519 g/mol. The van der Waals surface area contributed by atoms with Crippen LogP contribution in [0.4, 0.5) is 11.6 Å². The third kappa shape index (κ3) is 7.28.